The maximum atomic E-state index is 5.69. The Hall–Kier alpha value is -0.420. The molecule has 0 radical (unpaired) electrons. The summed E-state index contributed by atoms with van der Waals surface area (Å²) in [5, 5.41) is 0. The van der Waals surface area contributed by atoms with E-state index in [2.05, 4.69) is 32.9 Å². The van der Waals surface area contributed by atoms with E-state index in [1.165, 1.54) is 4.88 Å². The standard InChI is InChI=1S/C12H19NO2S/c1-12(2,3)10-5-4-9(16-10)11-14-7-8(6-13)15-11/h4-5,8,11H,6-7,13H2,1-3H3. The predicted molar refractivity (Wildman–Crippen MR) is 65.6 cm³/mol. The van der Waals surface area contributed by atoms with Gasteiger partial charge in [-0.2, -0.15) is 0 Å². The summed E-state index contributed by atoms with van der Waals surface area (Å²) in [6.07, 6.45) is -0.167. The molecular formula is C12H19NO2S. The second-order valence-electron chi connectivity index (χ2n) is 5.11. The molecule has 0 spiro atoms. The first-order chi connectivity index (χ1) is 7.50. The van der Waals surface area contributed by atoms with Crippen LogP contribution in [0.15, 0.2) is 12.1 Å². The molecule has 4 heteroatoms. The highest BCUT2D eigenvalue weighted by molar-refractivity contribution is 7.12. The van der Waals surface area contributed by atoms with E-state index in [0.29, 0.717) is 13.2 Å². The van der Waals surface area contributed by atoms with Crippen LogP contribution in [0.1, 0.15) is 36.8 Å². The Kier molecular flexibility index (Phi) is 3.35. The van der Waals surface area contributed by atoms with Crippen LogP contribution < -0.4 is 5.73 Å². The van der Waals surface area contributed by atoms with Gasteiger partial charge in [-0.1, -0.05) is 20.8 Å². The Morgan fingerprint density at radius 3 is 2.69 bits per heavy atom. The Bertz CT molecular complexity index is 356. The van der Waals surface area contributed by atoms with Crippen molar-refractivity contribution < 1.29 is 9.47 Å². The highest BCUT2D eigenvalue weighted by Gasteiger charge is 2.28. The lowest BCUT2D eigenvalue weighted by Gasteiger charge is -2.15. The largest absolute Gasteiger partial charge is 0.345 e. The number of hydrogen-bond acceptors (Lipinski definition) is 4. The third kappa shape index (κ3) is 2.46. The first-order valence-corrected chi connectivity index (χ1v) is 6.39. The van der Waals surface area contributed by atoms with Gasteiger partial charge in [-0.05, 0) is 17.5 Å². The monoisotopic (exact) mass is 241 g/mol. The van der Waals surface area contributed by atoms with Crippen LogP contribution in [0, 0.1) is 0 Å². The van der Waals surface area contributed by atoms with E-state index in [9.17, 15) is 0 Å². The van der Waals surface area contributed by atoms with E-state index in [-0.39, 0.29) is 17.8 Å². The van der Waals surface area contributed by atoms with Gasteiger partial charge >= 0.3 is 0 Å². The van der Waals surface area contributed by atoms with Gasteiger partial charge in [-0.25, -0.2) is 0 Å². The molecule has 90 valence electrons. The van der Waals surface area contributed by atoms with Crippen LogP contribution >= 0.6 is 11.3 Å². The number of ether oxygens (including phenoxy) is 2. The summed E-state index contributed by atoms with van der Waals surface area (Å²) in [6, 6.07) is 4.25. The molecule has 0 amide bonds. The molecule has 2 rings (SSSR count). The van der Waals surface area contributed by atoms with E-state index in [1.807, 2.05) is 0 Å². The van der Waals surface area contributed by atoms with Gasteiger partial charge < -0.3 is 15.2 Å². The molecule has 2 N–H and O–H groups in total. The summed E-state index contributed by atoms with van der Waals surface area (Å²) in [7, 11) is 0. The fourth-order valence-corrected chi connectivity index (χ4v) is 2.66. The Balaban J connectivity index is 2.08. The Morgan fingerprint density at radius 2 is 2.19 bits per heavy atom. The average molecular weight is 241 g/mol. The second kappa shape index (κ2) is 4.45. The van der Waals surface area contributed by atoms with Crippen molar-refractivity contribution >= 4 is 11.3 Å². The smallest absolute Gasteiger partial charge is 0.193 e. The molecule has 1 aromatic heterocycles. The molecule has 1 aliphatic rings. The van der Waals surface area contributed by atoms with Gasteiger partial charge in [-0.15, -0.1) is 11.3 Å². The number of thiophene rings is 1. The molecule has 2 heterocycles. The van der Waals surface area contributed by atoms with Crippen molar-refractivity contribution in [2.24, 2.45) is 5.73 Å². The predicted octanol–water partition coefficient (Wildman–Crippen LogP) is 2.42. The molecule has 0 bridgehead atoms. The average Bonchev–Trinajstić information content (AvgIpc) is 2.85. The Morgan fingerprint density at radius 1 is 1.44 bits per heavy atom. The minimum absolute atomic E-state index is 0.0465. The van der Waals surface area contributed by atoms with Gasteiger partial charge in [0.05, 0.1) is 17.6 Å². The molecule has 3 nitrogen and oxygen atoms in total. The summed E-state index contributed by atoms with van der Waals surface area (Å²) in [5.74, 6) is 0. The van der Waals surface area contributed by atoms with Crippen LogP contribution in [0.5, 0.6) is 0 Å². The lowest BCUT2D eigenvalue weighted by Crippen LogP contribution is -2.21. The van der Waals surface area contributed by atoms with Crippen LogP contribution in [0.4, 0.5) is 0 Å². The molecule has 1 aromatic rings. The number of rotatable bonds is 2. The van der Waals surface area contributed by atoms with Gasteiger partial charge in [0.25, 0.3) is 0 Å². The summed E-state index contributed by atoms with van der Waals surface area (Å²) < 4.78 is 11.3. The number of hydrogen-bond donors (Lipinski definition) is 1. The first-order valence-electron chi connectivity index (χ1n) is 5.58. The SMILES string of the molecule is CC(C)(C)c1ccc(C2OCC(CN)O2)s1. The molecular weight excluding hydrogens is 222 g/mol. The van der Waals surface area contributed by atoms with Crippen molar-refractivity contribution in [2.45, 2.75) is 38.6 Å². The molecule has 0 saturated carbocycles. The lowest BCUT2D eigenvalue weighted by atomic mass is 9.95. The van der Waals surface area contributed by atoms with E-state index in [0.717, 1.165) is 4.88 Å². The Labute approximate surface area is 101 Å². The van der Waals surface area contributed by atoms with Gasteiger partial charge in [0.1, 0.15) is 0 Å². The van der Waals surface area contributed by atoms with Crippen LogP contribution in [0.25, 0.3) is 0 Å². The van der Waals surface area contributed by atoms with Gasteiger partial charge in [-0.3, -0.25) is 0 Å². The van der Waals surface area contributed by atoms with Crippen LogP contribution in [-0.4, -0.2) is 19.3 Å². The zero-order valence-corrected chi connectivity index (χ0v) is 10.8. The van der Waals surface area contributed by atoms with Crippen molar-refractivity contribution in [1.82, 2.24) is 0 Å². The van der Waals surface area contributed by atoms with Crippen molar-refractivity contribution in [3.63, 3.8) is 0 Å². The second-order valence-corrected chi connectivity index (χ2v) is 6.23. The summed E-state index contributed by atoms with van der Waals surface area (Å²) in [6.45, 7) is 7.75. The van der Waals surface area contributed by atoms with Crippen molar-refractivity contribution in [1.29, 1.82) is 0 Å². The molecule has 2 atom stereocenters. The molecule has 0 aliphatic carbocycles. The fraction of sp³-hybridized carbons (Fsp3) is 0.667. The van der Waals surface area contributed by atoms with Crippen LogP contribution in [-0.2, 0) is 14.9 Å². The van der Waals surface area contributed by atoms with E-state index < -0.39 is 0 Å². The molecule has 16 heavy (non-hydrogen) atoms. The van der Waals surface area contributed by atoms with Gasteiger partial charge in [0.2, 0.25) is 0 Å². The quantitative estimate of drug-likeness (QED) is 0.865. The first kappa shape index (κ1) is 12.0. The molecule has 2 unspecified atom stereocenters. The zero-order chi connectivity index (χ0) is 11.8. The fourth-order valence-electron chi connectivity index (χ4n) is 1.60. The van der Waals surface area contributed by atoms with Gasteiger partial charge in [0, 0.05) is 11.4 Å². The summed E-state index contributed by atoms with van der Waals surface area (Å²) in [5.41, 5.74) is 5.74. The minimum Gasteiger partial charge on any atom is -0.345 e. The van der Waals surface area contributed by atoms with Crippen molar-refractivity contribution in [2.75, 3.05) is 13.2 Å². The third-order valence-corrected chi connectivity index (χ3v) is 4.14. The van der Waals surface area contributed by atoms with Crippen LogP contribution in [0.2, 0.25) is 0 Å². The van der Waals surface area contributed by atoms with Gasteiger partial charge in [0.15, 0.2) is 6.29 Å². The normalized spacial score (nSPS) is 26.2. The molecule has 1 aliphatic heterocycles. The van der Waals surface area contributed by atoms with Crippen LogP contribution in [0.3, 0.4) is 0 Å². The van der Waals surface area contributed by atoms with E-state index in [4.69, 9.17) is 15.2 Å². The highest BCUT2D eigenvalue weighted by Crippen LogP contribution is 2.36. The van der Waals surface area contributed by atoms with Crippen molar-refractivity contribution in [3.8, 4) is 0 Å². The third-order valence-electron chi connectivity index (χ3n) is 2.61. The van der Waals surface area contributed by atoms with Crippen molar-refractivity contribution in [3.05, 3.63) is 21.9 Å². The van der Waals surface area contributed by atoms with E-state index in [1.54, 1.807) is 11.3 Å². The lowest BCUT2D eigenvalue weighted by molar-refractivity contribution is -0.0559. The maximum Gasteiger partial charge on any atom is 0.193 e. The summed E-state index contributed by atoms with van der Waals surface area (Å²) in [4.78, 5) is 2.49. The minimum atomic E-state index is -0.213. The summed E-state index contributed by atoms with van der Waals surface area (Å²) >= 11 is 1.76. The molecule has 1 saturated heterocycles. The van der Waals surface area contributed by atoms with E-state index >= 15 is 0 Å². The molecule has 1 fully saturated rings. The topological polar surface area (TPSA) is 44.5 Å². The number of nitrogens with two attached hydrogens (primary N) is 1. The maximum absolute atomic E-state index is 5.69. The highest BCUT2D eigenvalue weighted by atomic mass is 32.1. The molecule has 0 aromatic carbocycles. The zero-order valence-electron chi connectivity index (χ0n) is 10.0.